The Morgan fingerprint density at radius 3 is 2.06 bits per heavy atom. The molecule has 1 aliphatic carbocycles. The van der Waals surface area contributed by atoms with Gasteiger partial charge in [0.1, 0.15) is 12.2 Å². The van der Waals surface area contributed by atoms with Crippen molar-refractivity contribution in [1.82, 2.24) is 4.90 Å². The molecule has 102 valence electrons. The number of methoxy groups -OCH3 is 2. The zero-order chi connectivity index (χ0) is 13.3. The molecule has 5 nitrogen and oxygen atoms in total. The normalized spacial score (nSPS) is 30.0. The van der Waals surface area contributed by atoms with E-state index in [1.165, 1.54) is 0 Å². The molecular weight excluding hydrogens is 252 g/mol. The van der Waals surface area contributed by atoms with Gasteiger partial charge in [-0.1, -0.05) is 18.6 Å². The van der Waals surface area contributed by atoms with Crippen molar-refractivity contribution in [2.75, 3.05) is 27.3 Å². The highest BCUT2D eigenvalue weighted by atomic mass is 32.1. The molecule has 0 spiro atoms. The molecule has 18 heavy (non-hydrogen) atoms. The third-order valence-electron chi connectivity index (χ3n) is 4.20. The quantitative estimate of drug-likeness (QED) is 0.746. The summed E-state index contributed by atoms with van der Waals surface area (Å²) in [6.45, 7) is 1.11. The number of thiocarbonyl (C=S) groups is 1. The number of ether oxygens (including phenoxy) is 2. The van der Waals surface area contributed by atoms with E-state index < -0.39 is 5.41 Å². The molecule has 1 saturated heterocycles. The topological polar surface area (TPSA) is 64.8 Å². The molecule has 2 N–H and O–H groups in total. The highest BCUT2D eigenvalue weighted by Gasteiger charge is 2.51. The van der Waals surface area contributed by atoms with Crippen molar-refractivity contribution < 1.29 is 14.3 Å². The molecule has 0 aromatic rings. The lowest BCUT2D eigenvalue weighted by atomic mass is 9.67. The third-order valence-corrected chi connectivity index (χ3v) is 4.59. The lowest BCUT2D eigenvalue weighted by Crippen LogP contribution is -2.54. The third kappa shape index (κ3) is 2.02. The van der Waals surface area contributed by atoms with E-state index in [0.717, 1.165) is 19.3 Å². The van der Waals surface area contributed by atoms with Crippen LogP contribution in [0, 0.1) is 5.41 Å². The van der Waals surface area contributed by atoms with Gasteiger partial charge >= 0.3 is 0 Å². The number of carbonyl (C=O) groups excluding carboxylic acids is 1. The van der Waals surface area contributed by atoms with Gasteiger partial charge in [0.15, 0.2) is 0 Å². The highest BCUT2D eigenvalue weighted by molar-refractivity contribution is 7.80. The fourth-order valence-corrected chi connectivity index (χ4v) is 3.05. The van der Waals surface area contributed by atoms with Gasteiger partial charge in [-0.25, -0.2) is 0 Å². The summed E-state index contributed by atoms with van der Waals surface area (Å²) in [7, 11) is 3.27. The van der Waals surface area contributed by atoms with E-state index >= 15 is 0 Å². The maximum Gasteiger partial charge on any atom is 0.235 e. The first-order valence-corrected chi connectivity index (χ1v) is 6.61. The van der Waals surface area contributed by atoms with Gasteiger partial charge in [-0.15, -0.1) is 0 Å². The van der Waals surface area contributed by atoms with Crippen LogP contribution in [0.1, 0.15) is 19.3 Å². The molecule has 6 heteroatoms. The smallest absolute Gasteiger partial charge is 0.235 e. The molecule has 1 aliphatic heterocycles. The minimum absolute atomic E-state index is 0.0443. The number of nitrogens with two attached hydrogens (primary N) is 1. The average molecular weight is 272 g/mol. The van der Waals surface area contributed by atoms with E-state index in [-0.39, 0.29) is 18.1 Å². The van der Waals surface area contributed by atoms with E-state index in [9.17, 15) is 4.79 Å². The standard InChI is InChI=1S/C12H20N2O3S/c1-16-8-6-14(7-9(8)17-2)11(15)12(10(13)18)4-3-5-12/h8-9H,3-7H2,1-2H3,(H2,13,18). The molecule has 0 aromatic heterocycles. The van der Waals surface area contributed by atoms with Crippen LogP contribution >= 0.6 is 12.2 Å². The molecule has 2 fully saturated rings. The van der Waals surface area contributed by atoms with Gasteiger partial charge in [-0.3, -0.25) is 4.79 Å². The van der Waals surface area contributed by atoms with Crippen molar-refractivity contribution in [3.05, 3.63) is 0 Å². The maximum atomic E-state index is 12.6. The molecule has 0 aromatic carbocycles. The number of likely N-dealkylation sites (tertiary alicyclic amines) is 1. The summed E-state index contributed by atoms with van der Waals surface area (Å²) in [6, 6.07) is 0. The second-order valence-electron chi connectivity index (χ2n) is 5.06. The molecule has 1 heterocycles. The van der Waals surface area contributed by atoms with Crippen LogP contribution in [0.4, 0.5) is 0 Å². The second kappa shape index (κ2) is 5.11. The first kappa shape index (κ1) is 13.7. The van der Waals surface area contributed by atoms with E-state index in [1.54, 1.807) is 19.1 Å². The Hall–Kier alpha value is -0.720. The van der Waals surface area contributed by atoms with Gasteiger partial charge in [-0.2, -0.15) is 0 Å². The molecular formula is C12H20N2O3S. The van der Waals surface area contributed by atoms with Crippen LogP contribution in [0.5, 0.6) is 0 Å². The SMILES string of the molecule is COC1CN(C(=O)C2(C(N)=S)CCC2)CC1OC. The summed E-state index contributed by atoms with van der Waals surface area (Å²) in [5.74, 6) is 0.0443. The number of nitrogens with zero attached hydrogens (tertiary/aromatic N) is 1. The van der Waals surface area contributed by atoms with E-state index in [4.69, 9.17) is 27.4 Å². The monoisotopic (exact) mass is 272 g/mol. The minimum Gasteiger partial charge on any atom is -0.392 e. The van der Waals surface area contributed by atoms with Crippen molar-refractivity contribution >= 4 is 23.1 Å². The first-order chi connectivity index (χ1) is 8.55. The Morgan fingerprint density at radius 1 is 1.28 bits per heavy atom. The van der Waals surface area contributed by atoms with Crippen LogP contribution < -0.4 is 5.73 Å². The van der Waals surface area contributed by atoms with Crippen molar-refractivity contribution in [2.45, 2.75) is 31.5 Å². The average Bonchev–Trinajstić information content (AvgIpc) is 2.69. The van der Waals surface area contributed by atoms with E-state index in [2.05, 4.69) is 0 Å². The van der Waals surface area contributed by atoms with Crippen molar-refractivity contribution in [3.8, 4) is 0 Å². The first-order valence-electron chi connectivity index (χ1n) is 6.20. The van der Waals surface area contributed by atoms with Gasteiger partial charge in [0, 0.05) is 27.3 Å². The summed E-state index contributed by atoms with van der Waals surface area (Å²) in [5.41, 5.74) is 5.16. The molecule has 2 unspecified atom stereocenters. The van der Waals surface area contributed by atoms with Gasteiger partial charge in [0.25, 0.3) is 0 Å². The number of hydrogen-bond acceptors (Lipinski definition) is 4. The Labute approximate surface area is 113 Å². The lowest BCUT2D eigenvalue weighted by molar-refractivity contribution is -0.141. The van der Waals surface area contributed by atoms with Crippen LogP contribution in [0.25, 0.3) is 0 Å². The van der Waals surface area contributed by atoms with Crippen LogP contribution in [-0.2, 0) is 14.3 Å². The number of amides is 1. The Balaban J connectivity index is 2.09. The predicted octanol–water partition coefficient (Wildman–Crippen LogP) is 0.315. The molecule has 1 amide bonds. The van der Waals surface area contributed by atoms with E-state index in [0.29, 0.717) is 18.1 Å². The van der Waals surface area contributed by atoms with Gasteiger partial charge < -0.3 is 20.1 Å². The van der Waals surface area contributed by atoms with Crippen molar-refractivity contribution in [3.63, 3.8) is 0 Å². The summed E-state index contributed by atoms with van der Waals surface area (Å²) < 4.78 is 10.7. The number of carbonyl (C=O) groups is 1. The predicted molar refractivity (Wildman–Crippen MR) is 71.2 cm³/mol. The number of hydrogen-bond donors (Lipinski definition) is 1. The fraction of sp³-hybridized carbons (Fsp3) is 0.833. The van der Waals surface area contributed by atoms with Crippen LogP contribution in [0.2, 0.25) is 0 Å². The van der Waals surface area contributed by atoms with Gasteiger partial charge in [0.2, 0.25) is 5.91 Å². The van der Waals surface area contributed by atoms with Crippen molar-refractivity contribution in [1.29, 1.82) is 0 Å². The summed E-state index contributed by atoms with van der Waals surface area (Å²) in [5, 5.41) is 0. The summed E-state index contributed by atoms with van der Waals surface area (Å²) in [6.07, 6.45) is 2.42. The van der Waals surface area contributed by atoms with Crippen molar-refractivity contribution in [2.24, 2.45) is 11.1 Å². The molecule has 1 saturated carbocycles. The largest absolute Gasteiger partial charge is 0.392 e. The van der Waals surface area contributed by atoms with Gasteiger partial charge in [0.05, 0.1) is 10.4 Å². The van der Waals surface area contributed by atoms with Gasteiger partial charge in [-0.05, 0) is 12.8 Å². The van der Waals surface area contributed by atoms with Crippen LogP contribution in [0.3, 0.4) is 0 Å². The molecule has 2 aliphatic rings. The second-order valence-corrected chi connectivity index (χ2v) is 5.50. The van der Waals surface area contributed by atoms with Crippen LogP contribution in [-0.4, -0.2) is 55.3 Å². The Morgan fingerprint density at radius 2 is 1.78 bits per heavy atom. The zero-order valence-electron chi connectivity index (χ0n) is 10.8. The van der Waals surface area contributed by atoms with Crippen LogP contribution in [0.15, 0.2) is 0 Å². The molecule has 2 atom stereocenters. The lowest BCUT2D eigenvalue weighted by Gasteiger charge is -2.41. The molecule has 0 bridgehead atoms. The fourth-order valence-electron chi connectivity index (χ4n) is 2.76. The molecule has 0 radical (unpaired) electrons. The highest BCUT2D eigenvalue weighted by Crippen LogP contribution is 2.43. The Kier molecular flexibility index (Phi) is 3.89. The number of rotatable bonds is 4. The molecule has 2 rings (SSSR count). The minimum atomic E-state index is -0.601. The Bertz CT molecular complexity index is 345. The van der Waals surface area contributed by atoms with E-state index in [1.807, 2.05) is 0 Å². The maximum absolute atomic E-state index is 12.6. The zero-order valence-corrected chi connectivity index (χ0v) is 11.7. The summed E-state index contributed by atoms with van der Waals surface area (Å²) >= 11 is 5.08. The summed E-state index contributed by atoms with van der Waals surface area (Å²) in [4.78, 5) is 14.7.